The van der Waals surface area contributed by atoms with Crippen molar-refractivity contribution in [1.82, 2.24) is 0 Å². The molecule has 0 aliphatic carbocycles. The van der Waals surface area contributed by atoms with Gasteiger partial charge in [0.05, 0.1) is 0 Å². The third-order valence-corrected chi connectivity index (χ3v) is 12.1. The molecular weight excluding hydrogens is 721 g/mol. The van der Waals surface area contributed by atoms with E-state index in [0.717, 1.165) is 69.6 Å². The van der Waals surface area contributed by atoms with Crippen LogP contribution >= 0.6 is 0 Å². The highest BCUT2D eigenvalue weighted by molar-refractivity contribution is 5.71. The first-order valence-corrected chi connectivity index (χ1v) is 25.8. The van der Waals surface area contributed by atoms with Gasteiger partial charge in [0.25, 0.3) is 0 Å². The number of carbonyl (C=O) groups excluding carboxylic acids is 3. The Morgan fingerprint density at radius 2 is 0.655 bits per heavy atom. The van der Waals surface area contributed by atoms with Crippen molar-refractivity contribution in [2.75, 3.05) is 13.2 Å². The zero-order valence-corrected chi connectivity index (χ0v) is 39.7. The largest absolute Gasteiger partial charge is 0.462 e. The zero-order chi connectivity index (χ0) is 42.6. The van der Waals surface area contributed by atoms with Gasteiger partial charge in [-0.05, 0) is 31.1 Å². The average molecular weight is 821 g/mol. The van der Waals surface area contributed by atoms with Crippen LogP contribution < -0.4 is 0 Å². The van der Waals surface area contributed by atoms with Crippen molar-refractivity contribution in [3.8, 4) is 0 Å². The number of ether oxygens (including phenoxy) is 3. The molecule has 0 saturated heterocycles. The standard InChI is InChI=1S/C52H100O6/c1-6-8-9-10-11-12-13-14-15-16-17-21-27-32-37-42-50(53)56-45-49(46-57-51(54)43-38-33-28-24-23-25-30-35-40-47(3)4)58-52(55)44-39-34-29-22-19-18-20-26-31-36-41-48(5)7-2/h47-49H,6-46H2,1-5H3/t48?,49-/m0/s1. The van der Waals surface area contributed by atoms with Crippen LogP contribution in [-0.2, 0) is 28.6 Å². The van der Waals surface area contributed by atoms with E-state index in [2.05, 4.69) is 34.6 Å². The van der Waals surface area contributed by atoms with Gasteiger partial charge >= 0.3 is 17.9 Å². The normalized spacial score (nSPS) is 12.5. The molecular formula is C52H100O6. The minimum atomic E-state index is -0.762. The van der Waals surface area contributed by atoms with E-state index in [1.54, 1.807) is 0 Å². The number of unbranched alkanes of at least 4 members (excludes halogenated alkanes) is 30. The summed E-state index contributed by atoms with van der Waals surface area (Å²) in [5.41, 5.74) is 0. The first-order valence-electron chi connectivity index (χ1n) is 25.8. The Morgan fingerprint density at radius 1 is 0.362 bits per heavy atom. The Labute approximate surface area is 361 Å². The van der Waals surface area contributed by atoms with E-state index in [-0.39, 0.29) is 31.1 Å². The summed E-state index contributed by atoms with van der Waals surface area (Å²) in [7, 11) is 0. The fraction of sp³-hybridized carbons (Fsp3) is 0.942. The van der Waals surface area contributed by atoms with Crippen molar-refractivity contribution in [2.24, 2.45) is 11.8 Å². The second-order valence-corrected chi connectivity index (χ2v) is 18.5. The molecule has 0 aromatic heterocycles. The summed E-state index contributed by atoms with van der Waals surface area (Å²) < 4.78 is 16.8. The lowest BCUT2D eigenvalue weighted by Crippen LogP contribution is -2.30. The molecule has 0 radical (unpaired) electrons. The summed E-state index contributed by atoms with van der Waals surface area (Å²) >= 11 is 0. The Bertz CT molecular complexity index is 887. The molecule has 0 N–H and O–H groups in total. The molecule has 0 amide bonds. The molecule has 344 valence electrons. The monoisotopic (exact) mass is 821 g/mol. The first kappa shape index (κ1) is 56.4. The van der Waals surface area contributed by atoms with Crippen LogP contribution in [-0.4, -0.2) is 37.2 Å². The summed E-state index contributed by atoms with van der Waals surface area (Å²) in [6.45, 7) is 11.4. The van der Waals surface area contributed by atoms with Crippen LogP contribution in [0.5, 0.6) is 0 Å². The van der Waals surface area contributed by atoms with Crippen LogP contribution in [0.2, 0.25) is 0 Å². The predicted molar refractivity (Wildman–Crippen MR) is 247 cm³/mol. The molecule has 0 spiro atoms. The van der Waals surface area contributed by atoms with Crippen LogP contribution in [0, 0.1) is 11.8 Å². The van der Waals surface area contributed by atoms with Crippen LogP contribution in [0.3, 0.4) is 0 Å². The molecule has 0 bridgehead atoms. The third kappa shape index (κ3) is 44.0. The molecule has 6 nitrogen and oxygen atoms in total. The lowest BCUT2D eigenvalue weighted by Gasteiger charge is -2.18. The van der Waals surface area contributed by atoms with Crippen molar-refractivity contribution in [3.63, 3.8) is 0 Å². The molecule has 0 saturated carbocycles. The van der Waals surface area contributed by atoms with Crippen molar-refractivity contribution < 1.29 is 28.6 Å². The Balaban J connectivity index is 4.32. The van der Waals surface area contributed by atoms with Crippen molar-refractivity contribution in [3.05, 3.63) is 0 Å². The Hall–Kier alpha value is -1.59. The maximum absolute atomic E-state index is 12.8. The van der Waals surface area contributed by atoms with Crippen LogP contribution in [0.15, 0.2) is 0 Å². The van der Waals surface area contributed by atoms with E-state index in [1.807, 2.05) is 0 Å². The number of rotatable bonds is 46. The van der Waals surface area contributed by atoms with Gasteiger partial charge < -0.3 is 14.2 Å². The van der Waals surface area contributed by atoms with Crippen molar-refractivity contribution >= 4 is 17.9 Å². The van der Waals surface area contributed by atoms with Crippen LogP contribution in [0.4, 0.5) is 0 Å². The number of hydrogen-bond donors (Lipinski definition) is 0. The smallest absolute Gasteiger partial charge is 0.306 e. The zero-order valence-electron chi connectivity index (χ0n) is 39.7. The van der Waals surface area contributed by atoms with Crippen LogP contribution in [0.25, 0.3) is 0 Å². The minimum Gasteiger partial charge on any atom is -0.462 e. The summed E-state index contributed by atoms with van der Waals surface area (Å²) in [4.78, 5) is 37.9. The molecule has 0 aromatic rings. The maximum atomic E-state index is 12.8. The first-order chi connectivity index (χ1) is 28.3. The van der Waals surface area contributed by atoms with Crippen molar-refractivity contribution in [2.45, 2.75) is 291 Å². The highest BCUT2D eigenvalue weighted by atomic mass is 16.6. The molecule has 6 heteroatoms. The van der Waals surface area contributed by atoms with E-state index in [1.165, 1.54) is 173 Å². The lowest BCUT2D eigenvalue weighted by molar-refractivity contribution is -0.167. The van der Waals surface area contributed by atoms with E-state index >= 15 is 0 Å². The van der Waals surface area contributed by atoms with E-state index in [4.69, 9.17) is 14.2 Å². The lowest BCUT2D eigenvalue weighted by atomic mass is 9.99. The average Bonchev–Trinajstić information content (AvgIpc) is 3.21. The van der Waals surface area contributed by atoms with Gasteiger partial charge in [0.15, 0.2) is 6.10 Å². The van der Waals surface area contributed by atoms with Gasteiger partial charge in [0.1, 0.15) is 13.2 Å². The second kappa shape index (κ2) is 44.9. The molecule has 0 aromatic carbocycles. The fourth-order valence-corrected chi connectivity index (χ4v) is 7.78. The Morgan fingerprint density at radius 3 is 0.983 bits per heavy atom. The van der Waals surface area contributed by atoms with Gasteiger partial charge in [-0.15, -0.1) is 0 Å². The predicted octanol–water partition coefficient (Wildman–Crippen LogP) is 16.5. The number of carbonyl (C=O) groups is 3. The summed E-state index contributed by atoms with van der Waals surface area (Å²) in [6, 6.07) is 0. The summed E-state index contributed by atoms with van der Waals surface area (Å²) in [6.07, 6.45) is 45.1. The topological polar surface area (TPSA) is 78.9 Å². The molecule has 0 heterocycles. The molecule has 0 fully saturated rings. The van der Waals surface area contributed by atoms with E-state index in [9.17, 15) is 14.4 Å². The van der Waals surface area contributed by atoms with Crippen molar-refractivity contribution in [1.29, 1.82) is 0 Å². The molecule has 2 atom stereocenters. The number of esters is 3. The maximum Gasteiger partial charge on any atom is 0.306 e. The molecule has 0 rings (SSSR count). The number of hydrogen-bond acceptors (Lipinski definition) is 6. The van der Waals surface area contributed by atoms with Crippen LogP contribution in [0.1, 0.15) is 285 Å². The highest BCUT2D eigenvalue weighted by Gasteiger charge is 2.19. The SMILES string of the molecule is CCCCCCCCCCCCCCCCCC(=O)OC[C@@H](COC(=O)CCCCCCCCCCC(C)C)OC(=O)CCCCCCCCCCCCC(C)CC. The van der Waals surface area contributed by atoms with Gasteiger partial charge in [0, 0.05) is 19.3 Å². The quantitative estimate of drug-likeness (QED) is 0.0346. The minimum absolute atomic E-state index is 0.0641. The summed E-state index contributed by atoms with van der Waals surface area (Å²) in [5, 5.41) is 0. The highest BCUT2D eigenvalue weighted by Crippen LogP contribution is 2.18. The summed E-state index contributed by atoms with van der Waals surface area (Å²) in [5.74, 6) is 0.813. The Kier molecular flexibility index (Phi) is 43.7. The fourth-order valence-electron chi connectivity index (χ4n) is 7.78. The van der Waals surface area contributed by atoms with Gasteiger partial charge in [0.2, 0.25) is 0 Å². The van der Waals surface area contributed by atoms with Gasteiger partial charge in [-0.1, -0.05) is 247 Å². The second-order valence-electron chi connectivity index (χ2n) is 18.5. The molecule has 0 aliphatic rings. The van der Waals surface area contributed by atoms with Gasteiger partial charge in [-0.2, -0.15) is 0 Å². The molecule has 1 unspecified atom stereocenters. The molecule has 0 aliphatic heterocycles. The molecule has 58 heavy (non-hydrogen) atoms. The van der Waals surface area contributed by atoms with E-state index in [0.29, 0.717) is 19.3 Å². The van der Waals surface area contributed by atoms with Gasteiger partial charge in [-0.25, -0.2) is 0 Å². The third-order valence-electron chi connectivity index (χ3n) is 12.1. The van der Waals surface area contributed by atoms with Gasteiger partial charge in [-0.3, -0.25) is 14.4 Å². The van der Waals surface area contributed by atoms with E-state index < -0.39 is 6.10 Å².